The van der Waals surface area contributed by atoms with Gasteiger partial charge in [-0.25, -0.2) is 13.2 Å². The van der Waals surface area contributed by atoms with E-state index in [0.717, 1.165) is 18.2 Å². The number of benzene rings is 2. The highest BCUT2D eigenvalue weighted by Crippen LogP contribution is 2.19. The summed E-state index contributed by atoms with van der Waals surface area (Å²) in [7, 11) is 0. The van der Waals surface area contributed by atoms with Crippen molar-refractivity contribution in [2.75, 3.05) is 17.2 Å². The number of hydrogen-bond donors (Lipinski definition) is 3. The molecule has 0 atom stereocenters. The van der Waals surface area contributed by atoms with E-state index in [4.69, 9.17) is 0 Å². The molecule has 2 aromatic rings. The third-order valence-electron chi connectivity index (χ3n) is 3.15. The van der Waals surface area contributed by atoms with Crippen LogP contribution in [0.3, 0.4) is 0 Å². The topological polar surface area (TPSA) is 87.3 Å². The molecule has 0 fully saturated rings. The Labute approximate surface area is 146 Å². The zero-order chi connectivity index (χ0) is 19.3. The van der Waals surface area contributed by atoms with E-state index in [0.29, 0.717) is 6.07 Å². The fourth-order valence-electron chi connectivity index (χ4n) is 2.03. The first-order valence-corrected chi connectivity index (χ1v) is 7.36. The Morgan fingerprint density at radius 3 is 2.31 bits per heavy atom. The second-order valence-corrected chi connectivity index (χ2v) is 5.23. The molecule has 3 N–H and O–H groups in total. The number of rotatable bonds is 5. The van der Waals surface area contributed by atoms with Crippen molar-refractivity contribution in [2.45, 2.75) is 6.92 Å². The van der Waals surface area contributed by atoms with Crippen molar-refractivity contribution in [3.8, 4) is 0 Å². The molecule has 0 heterocycles. The fourth-order valence-corrected chi connectivity index (χ4v) is 2.03. The van der Waals surface area contributed by atoms with E-state index in [-0.39, 0.29) is 17.3 Å². The van der Waals surface area contributed by atoms with Crippen molar-refractivity contribution < 1.29 is 27.6 Å². The van der Waals surface area contributed by atoms with Crippen molar-refractivity contribution in [2.24, 2.45) is 0 Å². The van der Waals surface area contributed by atoms with Crippen molar-refractivity contribution in [1.29, 1.82) is 0 Å². The first kappa shape index (κ1) is 19.0. The largest absolute Gasteiger partial charge is 0.343 e. The smallest absolute Gasteiger partial charge is 0.254 e. The molecule has 0 radical (unpaired) electrons. The molecule has 0 bridgehead atoms. The maximum atomic E-state index is 13.7. The lowest BCUT2D eigenvalue weighted by Crippen LogP contribution is -2.33. The Morgan fingerprint density at radius 2 is 1.65 bits per heavy atom. The van der Waals surface area contributed by atoms with Crippen LogP contribution in [-0.4, -0.2) is 24.3 Å². The molecule has 0 aliphatic heterocycles. The molecule has 3 amide bonds. The molecule has 0 spiro atoms. The van der Waals surface area contributed by atoms with Gasteiger partial charge in [0.2, 0.25) is 11.8 Å². The molecule has 0 aliphatic carbocycles. The number of hydrogen-bond acceptors (Lipinski definition) is 3. The van der Waals surface area contributed by atoms with E-state index >= 15 is 0 Å². The molecule has 0 unspecified atom stereocenters. The van der Waals surface area contributed by atoms with Gasteiger partial charge in [-0.1, -0.05) is 0 Å². The summed E-state index contributed by atoms with van der Waals surface area (Å²) in [6.45, 7) is 0.700. The standard InChI is InChI=1S/C17H14F3N3O3/c1-9(24)22-11-3-5-13(19)15(7-11)23-16(25)8-21-17(26)12-4-2-10(18)6-14(12)20/h2-7H,8H2,1H3,(H,21,26)(H,22,24)(H,23,25). The van der Waals surface area contributed by atoms with Crippen LogP contribution in [0.5, 0.6) is 0 Å². The van der Waals surface area contributed by atoms with Crippen LogP contribution in [-0.2, 0) is 9.59 Å². The second-order valence-electron chi connectivity index (χ2n) is 5.23. The summed E-state index contributed by atoms with van der Waals surface area (Å²) < 4.78 is 40.0. The fraction of sp³-hybridized carbons (Fsp3) is 0.118. The minimum Gasteiger partial charge on any atom is -0.343 e. The maximum Gasteiger partial charge on any atom is 0.254 e. The Hall–Kier alpha value is -3.36. The summed E-state index contributed by atoms with van der Waals surface area (Å²) in [6.07, 6.45) is 0. The quantitative estimate of drug-likeness (QED) is 0.761. The lowest BCUT2D eigenvalue weighted by molar-refractivity contribution is -0.115. The molecular formula is C17H14F3N3O3. The van der Waals surface area contributed by atoms with Crippen molar-refractivity contribution in [3.63, 3.8) is 0 Å². The van der Waals surface area contributed by atoms with Crippen LogP contribution in [0, 0.1) is 17.5 Å². The number of amides is 3. The van der Waals surface area contributed by atoms with E-state index < -0.39 is 41.4 Å². The Bertz CT molecular complexity index is 872. The van der Waals surface area contributed by atoms with Crippen molar-refractivity contribution in [3.05, 3.63) is 59.4 Å². The summed E-state index contributed by atoms with van der Waals surface area (Å²) in [5.74, 6) is -4.74. The molecular weight excluding hydrogens is 351 g/mol. The van der Waals surface area contributed by atoms with Crippen molar-refractivity contribution >= 4 is 29.1 Å². The zero-order valence-corrected chi connectivity index (χ0v) is 13.5. The number of carbonyl (C=O) groups excluding carboxylic acids is 3. The van der Waals surface area contributed by atoms with Crippen LogP contribution in [0.4, 0.5) is 24.5 Å². The van der Waals surface area contributed by atoms with Gasteiger partial charge in [-0.3, -0.25) is 14.4 Å². The lowest BCUT2D eigenvalue weighted by Gasteiger charge is -2.10. The van der Waals surface area contributed by atoms with Crippen LogP contribution < -0.4 is 16.0 Å². The summed E-state index contributed by atoms with van der Waals surface area (Å²) in [5, 5.41) is 6.79. The van der Waals surface area contributed by atoms with Gasteiger partial charge in [-0.15, -0.1) is 0 Å². The van der Waals surface area contributed by atoms with Crippen LogP contribution in [0.15, 0.2) is 36.4 Å². The van der Waals surface area contributed by atoms with Crippen LogP contribution in [0.1, 0.15) is 17.3 Å². The lowest BCUT2D eigenvalue weighted by atomic mass is 10.2. The predicted octanol–water partition coefficient (Wildman–Crippen LogP) is 2.43. The summed E-state index contributed by atoms with van der Waals surface area (Å²) in [4.78, 5) is 34.6. The third-order valence-corrected chi connectivity index (χ3v) is 3.15. The molecule has 0 aromatic heterocycles. The van der Waals surface area contributed by atoms with Gasteiger partial charge in [0.15, 0.2) is 0 Å². The molecule has 26 heavy (non-hydrogen) atoms. The number of carbonyl (C=O) groups is 3. The highest BCUT2D eigenvalue weighted by Gasteiger charge is 2.14. The van der Waals surface area contributed by atoms with E-state index in [9.17, 15) is 27.6 Å². The van der Waals surface area contributed by atoms with Gasteiger partial charge < -0.3 is 16.0 Å². The highest BCUT2D eigenvalue weighted by atomic mass is 19.1. The predicted molar refractivity (Wildman–Crippen MR) is 88.0 cm³/mol. The van der Waals surface area contributed by atoms with Crippen LogP contribution >= 0.6 is 0 Å². The minimum absolute atomic E-state index is 0.205. The first-order chi connectivity index (χ1) is 12.3. The molecule has 2 rings (SSSR count). The van der Waals surface area contributed by atoms with Crippen LogP contribution in [0.25, 0.3) is 0 Å². The third kappa shape index (κ3) is 5.07. The molecule has 0 aliphatic rings. The number of halogens is 3. The molecule has 9 heteroatoms. The molecule has 6 nitrogen and oxygen atoms in total. The van der Waals surface area contributed by atoms with Gasteiger partial charge in [0, 0.05) is 18.7 Å². The molecule has 0 saturated heterocycles. The van der Waals surface area contributed by atoms with E-state index in [2.05, 4.69) is 16.0 Å². The van der Waals surface area contributed by atoms with E-state index in [1.165, 1.54) is 19.1 Å². The maximum absolute atomic E-state index is 13.7. The Balaban J connectivity index is 1.98. The van der Waals surface area contributed by atoms with Crippen molar-refractivity contribution in [1.82, 2.24) is 5.32 Å². The van der Waals surface area contributed by atoms with Gasteiger partial charge in [0.25, 0.3) is 5.91 Å². The van der Waals surface area contributed by atoms with Gasteiger partial charge in [-0.05, 0) is 30.3 Å². The van der Waals surface area contributed by atoms with Crippen LogP contribution in [0.2, 0.25) is 0 Å². The average Bonchev–Trinajstić information content (AvgIpc) is 2.55. The average molecular weight is 365 g/mol. The number of nitrogens with one attached hydrogen (secondary N) is 3. The summed E-state index contributed by atoms with van der Waals surface area (Å²) in [6, 6.07) is 5.95. The molecule has 2 aromatic carbocycles. The minimum atomic E-state index is -1.07. The normalized spacial score (nSPS) is 10.2. The second kappa shape index (κ2) is 8.15. The van der Waals surface area contributed by atoms with E-state index in [1.54, 1.807) is 0 Å². The van der Waals surface area contributed by atoms with Gasteiger partial charge in [-0.2, -0.15) is 0 Å². The van der Waals surface area contributed by atoms with Gasteiger partial charge in [0.05, 0.1) is 17.8 Å². The van der Waals surface area contributed by atoms with Gasteiger partial charge in [0.1, 0.15) is 17.5 Å². The molecule has 136 valence electrons. The van der Waals surface area contributed by atoms with E-state index in [1.807, 2.05) is 0 Å². The monoisotopic (exact) mass is 365 g/mol. The van der Waals surface area contributed by atoms with Gasteiger partial charge >= 0.3 is 0 Å². The first-order valence-electron chi connectivity index (χ1n) is 7.36. The molecule has 0 saturated carbocycles. The Kier molecular flexibility index (Phi) is 5.94. The SMILES string of the molecule is CC(=O)Nc1ccc(F)c(NC(=O)CNC(=O)c2ccc(F)cc2F)c1. The highest BCUT2D eigenvalue weighted by molar-refractivity contribution is 6.00. The Morgan fingerprint density at radius 1 is 0.923 bits per heavy atom. The number of anilines is 2. The summed E-state index contributed by atoms with van der Waals surface area (Å²) in [5.41, 5.74) is -0.367. The summed E-state index contributed by atoms with van der Waals surface area (Å²) >= 11 is 0. The zero-order valence-electron chi connectivity index (χ0n) is 13.5.